The van der Waals surface area contributed by atoms with Crippen molar-refractivity contribution in [3.8, 4) is 0 Å². The summed E-state index contributed by atoms with van der Waals surface area (Å²) in [6, 6.07) is 6.32. The van der Waals surface area contributed by atoms with Crippen LogP contribution in [0.2, 0.25) is 0 Å². The Morgan fingerprint density at radius 2 is 1.71 bits per heavy atom. The highest BCUT2D eigenvalue weighted by molar-refractivity contribution is 6.25. The maximum atomic E-state index is 14.3. The number of aromatic nitrogens is 5. The van der Waals surface area contributed by atoms with Gasteiger partial charge in [-0.1, -0.05) is 6.07 Å². The Morgan fingerprint density at radius 1 is 0.952 bits per heavy atom. The maximum absolute atomic E-state index is 14.3. The number of carbonyl (C=O) groups excluding carboxylic acids is 5. The summed E-state index contributed by atoms with van der Waals surface area (Å²) >= 11 is 0. The molecule has 3 N–H and O–H groups in total. The van der Waals surface area contributed by atoms with Gasteiger partial charge >= 0.3 is 0 Å². The van der Waals surface area contributed by atoms with E-state index in [0.717, 1.165) is 62.8 Å². The molecule has 1 aromatic carbocycles. The first-order chi connectivity index (χ1) is 30.0. The molecule has 0 bridgehead atoms. The Balaban J connectivity index is 0.748. The van der Waals surface area contributed by atoms with Crippen molar-refractivity contribution in [1.82, 2.24) is 39.5 Å². The van der Waals surface area contributed by atoms with Gasteiger partial charge in [-0.3, -0.25) is 38.9 Å². The highest BCUT2D eigenvalue weighted by atomic mass is 19.3. The molecule has 1 unspecified atom stereocenters. The van der Waals surface area contributed by atoms with Crippen LogP contribution in [0.1, 0.15) is 113 Å². The molecule has 3 aromatic heterocycles. The van der Waals surface area contributed by atoms with Crippen LogP contribution in [-0.4, -0.2) is 122 Å². The summed E-state index contributed by atoms with van der Waals surface area (Å²) in [5.41, 5.74) is 1.14. The average Bonchev–Trinajstić information content (AvgIpc) is 3.98. The lowest BCUT2D eigenvalue weighted by molar-refractivity contribution is -0.136. The molecule has 4 aromatic rings. The Morgan fingerprint density at radius 3 is 2.45 bits per heavy atom. The number of piperidine rings is 1. The largest absolute Gasteiger partial charge is 0.384 e. The van der Waals surface area contributed by atoms with Crippen molar-refractivity contribution in [2.24, 2.45) is 11.8 Å². The van der Waals surface area contributed by atoms with Crippen LogP contribution in [0.3, 0.4) is 0 Å². The van der Waals surface area contributed by atoms with E-state index in [4.69, 9.17) is 4.74 Å². The van der Waals surface area contributed by atoms with Crippen LogP contribution in [0.5, 0.6) is 0 Å². The first-order valence-corrected chi connectivity index (χ1v) is 21.7. The molecule has 62 heavy (non-hydrogen) atoms. The highest BCUT2D eigenvalue weighted by Gasteiger charge is 2.45. The Labute approximate surface area is 356 Å². The van der Waals surface area contributed by atoms with Gasteiger partial charge in [0.15, 0.2) is 11.3 Å². The number of rotatable bonds is 12. The normalized spacial score (nSPS) is 24.6. The van der Waals surface area contributed by atoms with Crippen molar-refractivity contribution in [3.63, 3.8) is 0 Å². The molecule has 1 atom stereocenters. The van der Waals surface area contributed by atoms with Gasteiger partial charge in [0, 0.05) is 56.7 Å². The van der Waals surface area contributed by atoms with Crippen LogP contribution in [0.25, 0.3) is 5.65 Å². The third kappa shape index (κ3) is 8.26. The minimum absolute atomic E-state index is 0.0194. The lowest BCUT2D eigenvalue weighted by atomic mass is 9.83. The Bertz CT molecular complexity index is 2360. The van der Waals surface area contributed by atoms with Gasteiger partial charge in [-0.25, -0.2) is 18.3 Å². The molecule has 5 amide bonds. The van der Waals surface area contributed by atoms with Gasteiger partial charge < -0.3 is 25.2 Å². The van der Waals surface area contributed by atoms with E-state index in [1.54, 1.807) is 29.1 Å². The molecule has 2 aliphatic carbocycles. The highest BCUT2D eigenvalue weighted by Crippen LogP contribution is 2.37. The number of fused-ring (bicyclic) bond motifs is 2. The summed E-state index contributed by atoms with van der Waals surface area (Å²) in [7, 11) is 2.18. The van der Waals surface area contributed by atoms with Gasteiger partial charge in [0.1, 0.15) is 17.4 Å². The van der Waals surface area contributed by atoms with Crippen LogP contribution in [0, 0.1) is 11.8 Å². The van der Waals surface area contributed by atoms with Crippen molar-refractivity contribution in [2.75, 3.05) is 62.0 Å². The topological polar surface area (TPSA) is 188 Å². The van der Waals surface area contributed by atoms with Crippen molar-refractivity contribution < 1.29 is 37.5 Å². The lowest BCUT2D eigenvalue weighted by Crippen LogP contribution is -2.54. The minimum Gasteiger partial charge on any atom is -0.384 e. The molecule has 2 saturated carbocycles. The average molecular weight is 856 g/mol. The fourth-order valence-electron chi connectivity index (χ4n) is 9.88. The molecular formula is C43H51F2N11O6. The summed E-state index contributed by atoms with van der Waals surface area (Å²) in [5.74, 6) is -1.12. The fourth-order valence-corrected chi connectivity index (χ4v) is 9.88. The number of ether oxygens (including phenoxy) is 1. The van der Waals surface area contributed by atoms with Crippen LogP contribution >= 0.6 is 0 Å². The standard InChI is InChI=1S/C43H51F2N11O6/c1-52(27-9-5-25(6-10-27)21-46-31-4-2-3-29-36(31)43(61)56(42(29)60)33-13-14-35(57)50-41(33)59)23-26-7-11-28(12-8-26)55-24-32(37(51-55)38(44)45)48-40(58)30-22-47-54-16-15-34(49-39(30)54)53-17-19-62-20-18-53/h2-4,15-16,22,24-28,33,38,46H,5-14,17-21,23H2,1H3,(H,48,58)(H,50,57,59). The van der Waals surface area contributed by atoms with Gasteiger partial charge in [-0.05, 0) is 94.9 Å². The second kappa shape index (κ2) is 17.5. The van der Waals surface area contributed by atoms with Crippen molar-refractivity contribution in [1.29, 1.82) is 0 Å². The van der Waals surface area contributed by atoms with Gasteiger partial charge in [-0.15, -0.1) is 0 Å². The van der Waals surface area contributed by atoms with E-state index >= 15 is 0 Å². The predicted octanol–water partition coefficient (Wildman–Crippen LogP) is 4.69. The number of anilines is 3. The van der Waals surface area contributed by atoms with Crippen molar-refractivity contribution in [2.45, 2.75) is 88.8 Å². The molecule has 9 rings (SSSR count). The molecule has 5 aliphatic rings. The molecule has 4 fully saturated rings. The van der Waals surface area contributed by atoms with Crippen LogP contribution in [0.15, 0.2) is 42.9 Å². The zero-order valence-electron chi connectivity index (χ0n) is 34.6. The summed E-state index contributed by atoms with van der Waals surface area (Å²) < 4.78 is 37.1. The predicted molar refractivity (Wildman–Crippen MR) is 222 cm³/mol. The molecule has 17 nitrogen and oxygen atoms in total. The second-order valence-corrected chi connectivity index (χ2v) is 17.2. The first-order valence-electron chi connectivity index (χ1n) is 21.7. The Hall–Kier alpha value is -5.82. The number of imide groups is 2. The maximum Gasteiger partial charge on any atom is 0.284 e. The van der Waals surface area contributed by atoms with Crippen molar-refractivity contribution in [3.05, 3.63) is 65.2 Å². The molecule has 328 valence electrons. The quantitative estimate of drug-likeness (QED) is 0.167. The van der Waals surface area contributed by atoms with E-state index in [1.807, 2.05) is 6.07 Å². The van der Waals surface area contributed by atoms with Crippen molar-refractivity contribution >= 4 is 52.4 Å². The molecule has 0 spiro atoms. The summed E-state index contributed by atoms with van der Waals surface area (Å²) in [6.45, 7) is 4.09. The fraction of sp³-hybridized carbons (Fsp3) is 0.535. The zero-order valence-corrected chi connectivity index (χ0v) is 34.6. The van der Waals surface area contributed by atoms with E-state index in [-0.39, 0.29) is 41.3 Å². The SMILES string of the molecule is CN(CC1CCC(n2cc(NC(=O)c3cnn4ccc(N5CCOCC5)nc34)c(C(F)F)n2)CC1)C1CCC(CNc2cccc3c2C(=O)N(C2CCC(=O)NC2=O)C3=O)CC1. The molecule has 2 saturated heterocycles. The molecule has 19 heteroatoms. The van der Waals surface area contributed by atoms with Crippen LogP contribution in [-0.2, 0) is 14.3 Å². The van der Waals surface area contributed by atoms with Crippen LogP contribution < -0.4 is 20.9 Å². The second-order valence-electron chi connectivity index (χ2n) is 17.2. The van der Waals surface area contributed by atoms with Gasteiger partial charge in [0.05, 0.1) is 42.3 Å². The minimum atomic E-state index is -2.87. The van der Waals surface area contributed by atoms with E-state index in [2.05, 4.69) is 48.0 Å². The van der Waals surface area contributed by atoms with Gasteiger partial charge in [0.25, 0.3) is 24.1 Å². The third-order valence-electron chi connectivity index (χ3n) is 13.4. The summed E-state index contributed by atoms with van der Waals surface area (Å²) in [4.78, 5) is 74.6. The van der Waals surface area contributed by atoms with Gasteiger partial charge in [0.2, 0.25) is 11.8 Å². The van der Waals surface area contributed by atoms with E-state index in [1.165, 1.54) is 16.9 Å². The first kappa shape index (κ1) is 41.5. The number of carbonyl (C=O) groups is 5. The number of halogens is 2. The summed E-state index contributed by atoms with van der Waals surface area (Å²) in [5, 5.41) is 16.9. The number of amides is 5. The number of hydrogen-bond acceptors (Lipinski definition) is 12. The summed E-state index contributed by atoms with van der Waals surface area (Å²) in [6.07, 6.45) is 9.48. The lowest BCUT2D eigenvalue weighted by Gasteiger charge is -2.38. The van der Waals surface area contributed by atoms with E-state index in [9.17, 15) is 32.8 Å². The van der Waals surface area contributed by atoms with E-state index in [0.29, 0.717) is 67.9 Å². The molecule has 3 aliphatic heterocycles. The van der Waals surface area contributed by atoms with Gasteiger partial charge in [-0.2, -0.15) is 10.2 Å². The Kier molecular flexibility index (Phi) is 11.7. The molecule has 0 radical (unpaired) electrons. The molecular weight excluding hydrogens is 805 g/mol. The number of morpholine rings is 1. The number of alkyl halides is 2. The number of benzene rings is 1. The monoisotopic (exact) mass is 855 g/mol. The number of nitrogens with one attached hydrogen (secondary N) is 3. The van der Waals surface area contributed by atoms with E-state index < -0.39 is 47.7 Å². The molecule has 6 heterocycles. The smallest absolute Gasteiger partial charge is 0.284 e. The zero-order chi connectivity index (χ0) is 43.1. The van der Waals surface area contributed by atoms with Crippen LogP contribution in [0.4, 0.5) is 26.0 Å². The number of nitrogens with zero attached hydrogens (tertiary/aromatic N) is 8. The third-order valence-corrected chi connectivity index (χ3v) is 13.4. The number of hydrogen-bond donors (Lipinski definition) is 3.